The standard InChI is InChI=1S/C9H5FN2O/c10-9-5-12-8(2-1-3-11)4-7(9)6-13/h1-2,4-6H. The Morgan fingerprint density at radius 2 is 2.38 bits per heavy atom. The summed E-state index contributed by atoms with van der Waals surface area (Å²) in [4.78, 5) is 13.9. The average molecular weight is 176 g/mol. The van der Waals surface area contributed by atoms with Crippen LogP contribution in [0.4, 0.5) is 4.39 Å². The first-order chi connectivity index (χ1) is 6.27. The minimum absolute atomic E-state index is 0.0624. The predicted molar refractivity (Wildman–Crippen MR) is 44.2 cm³/mol. The zero-order chi connectivity index (χ0) is 9.68. The third kappa shape index (κ3) is 2.20. The van der Waals surface area contributed by atoms with Crippen LogP contribution in [0.25, 0.3) is 6.08 Å². The molecule has 3 nitrogen and oxygen atoms in total. The summed E-state index contributed by atoms with van der Waals surface area (Å²) in [6, 6.07) is 3.04. The highest BCUT2D eigenvalue weighted by Crippen LogP contribution is 2.06. The molecule has 13 heavy (non-hydrogen) atoms. The van der Waals surface area contributed by atoms with Gasteiger partial charge in [0.15, 0.2) is 12.1 Å². The molecule has 0 amide bonds. The van der Waals surface area contributed by atoms with Crippen LogP contribution in [0.5, 0.6) is 0 Å². The first-order valence-electron chi connectivity index (χ1n) is 3.45. The summed E-state index contributed by atoms with van der Waals surface area (Å²) < 4.78 is 12.7. The van der Waals surface area contributed by atoms with Gasteiger partial charge in [-0.25, -0.2) is 4.39 Å². The number of carbonyl (C=O) groups excluding carboxylic acids is 1. The first-order valence-corrected chi connectivity index (χ1v) is 3.45. The number of hydrogen-bond donors (Lipinski definition) is 0. The van der Waals surface area contributed by atoms with Gasteiger partial charge >= 0.3 is 0 Å². The Morgan fingerprint density at radius 3 is 3.00 bits per heavy atom. The molecule has 0 saturated heterocycles. The van der Waals surface area contributed by atoms with Crippen LogP contribution in [0, 0.1) is 17.1 Å². The molecule has 0 atom stereocenters. The van der Waals surface area contributed by atoms with Crippen molar-refractivity contribution in [3.05, 3.63) is 35.4 Å². The van der Waals surface area contributed by atoms with Gasteiger partial charge in [0, 0.05) is 6.08 Å². The highest BCUT2D eigenvalue weighted by Gasteiger charge is 2.00. The summed E-state index contributed by atoms with van der Waals surface area (Å²) in [5.41, 5.74) is 0.317. The van der Waals surface area contributed by atoms with E-state index in [-0.39, 0.29) is 5.56 Å². The molecule has 4 heteroatoms. The third-order valence-electron chi connectivity index (χ3n) is 1.36. The maximum atomic E-state index is 12.7. The van der Waals surface area contributed by atoms with Crippen LogP contribution in [-0.2, 0) is 0 Å². The molecule has 0 aliphatic rings. The Kier molecular flexibility index (Phi) is 2.87. The predicted octanol–water partition coefficient (Wildman–Crippen LogP) is 1.57. The smallest absolute Gasteiger partial charge is 0.153 e. The molecule has 0 saturated carbocycles. The largest absolute Gasteiger partial charge is 0.298 e. The highest BCUT2D eigenvalue weighted by atomic mass is 19.1. The molecule has 1 aromatic rings. The van der Waals surface area contributed by atoms with Crippen molar-refractivity contribution in [1.29, 1.82) is 5.26 Å². The van der Waals surface area contributed by atoms with Crippen LogP contribution in [0.3, 0.4) is 0 Å². The second-order valence-electron chi connectivity index (χ2n) is 2.21. The number of carbonyl (C=O) groups is 1. The Bertz CT molecular complexity index is 393. The van der Waals surface area contributed by atoms with Gasteiger partial charge in [-0.3, -0.25) is 9.78 Å². The van der Waals surface area contributed by atoms with E-state index in [2.05, 4.69) is 4.98 Å². The zero-order valence-electron chi connectivity index (χ0n) is 6.57. The second-order valence-corrected chi connectivity index (χ2v) is 2.21. The molecule has 0 fully saturated rings. The van der Waals surface area contributed by atoms with Crippen molar-refractivity contribution >= 4 is 12.4 Å². The Labute approximate surface area is 74.1 Å². The quantitative estimate of drug-likeness (QED) is 0.507. The minimum Gasteiger partial charge on any atom is -0.298 e. The first kappa shape index (κ1) is 9.07. The summed E-state index contributed by atoms with van der Waals surface area (Å²) in [7, 11) is 0. The van der Waals surface area contributed by atoms with Crippen LogP contribution >= 0.6 is 0 Å². The van der Waals surface area contributed by atoms with Gasteiger partial charge in [-0.05, 0) is 12.1 Å². The number of nitrogens with zero attached hydrogens (tertiary/aromatic N) is 2. The fourth-order valence-electron chi connectivity index (χ4n) is 0.775. The van der Waals surface area contributed by atoms with Crippen LogP contribution in [0.1, 0.15) is 16.1 Å². The van der Waals surface area contributed by atoms with Crippen molar-refractivity contribution in [2.45, 2.75) is 0 Å². The van der Waals surface area contributed by atoms with Gasteiger partial charge in [0.25, 0.3) is 0 Å². The summed E-state index contributed by atoms with van der Waals surface area (Å²) in [5, 5.41) is 8.20. The molecule has 0 N–H and O–H groups in total. The fourth-order valence-corrected chi connectivity index (χ4v) is 0.775. The summed E-state index contributed by atoms with van der Waals surface area (Å²) in [6.45, 7) is 0. The van der Waals surface area contributed by atoms with Crippen molar-refractivity contribution in [3.8, 4) is 6.07 Å². The number of rotatable bonds is 2. The van der Waals surface area contributed by atoms with Gasteiger partial charge in [-0.15, -0.1) is 0 Å². The molecule has 0 spiro atoms. The van der Waals surface area contributed by atoms with E-state index in [0.717, 1.165) is 6.20 Å². The lowest BCUT2D eigenvalue weighted by Gasteiger charge is -1.94. The number of aldehydes is 1. The van der Waals surface area contributed by atoms with E-state index in [9.17, 15) is 9.18 Å². The number of nitriles is 1. The Morgan fingerprint density at radius 1 is 1.62 bits per heavy atom. The van der Waals surface area contributed by atoms with E-state index < -0.39 is 5.82 Å². The Hall–Kier alpha value is -2.02. The van der Waals surface area contributed by atoms with Crippen molar-refractivity contribution in [2.75, 3.05) is 0 Å². The van der Waals surface area contributed by atoms with Gasteiger partial charge in [0.1, 0.15) is 0 Å². The molecule has 1 rings (SSSR count). The molecule has 0 radical (unpaired) electrons. The summed E-state index contributed by atoms with van der Waals surface area (Å²) in [6.07, 6.45) is 3.95. The van der Waals surface area contributed by atoms with E-state index in [1.165, 1.54) is 18.2 Å². The van der Waals surface area contributed by atoms with E-state index in [4.69, 9.17) is 5.26 Å². The molecule has 0 aliphatic heterocycles. The fraction of sp³-hybridized carbons (Fsp3) is 0. The van der Waals surface area contributed by atoms with Gasteiger partial charge in [0.05, 0.1) is 23.5 Å². The molecular weight excluding hydrogens is 171 g/mol. The summed E-state index contributed by atoms with van der Waals surface area (Å²) in [5.74, 6) is -0.663. The molecule has 64 valence electrons. The number of pyridine rings is 1. The molecule has 1 heterocycles. The van der Waals surface area contributed by atoms with Crippen LogP contribution < -0.4 is 0 Å². The lowest BCUT2D eigenvalue weighted by Crippen LogP contribution is -1.91. The molecule has 0 unspecified atom stereocenters. The number of allylic oxidation sites excluding steroid dienone is 1. The SMILES string of the molecule is N#CC=Cc1cc(C=O)c(F)cn1. The van der Waals surface area contributed by atoms with E-state index >= 15 is 0 Å². The van der Waals surface area contributed by atoms with Crippen molar-refractivity contribution < 1.29 is 9.18 Å². The van der Waals surface area contributed by atoms with Gasteiger partial charge in [0.2, 0.25) is 0 Å². The average Bonchev–Trinajstić information content (AvgIpc) is 2.16. The molecular formula is C9H5FN2O. The minimum atomic E-state index is -0.663. The maximum absolute atomic E-state index is 12.7. The third-order valence-corrected chi connectivity index (χ3v) is 1.36. The van der Waals surface area contributed by atoms with Crippen molar-refractivity contribution in [1.82, 2.24) is 4.98 Å². The highest BCUT2D eigenvalue weighted by molar-refractivity contribution is 5.76. The summed E-state index contributed by atoms with van der Waals surface area (Å²) >= 11 is 0. The van der Waals surface area contributed by atoms with E-state index in [1.54, 1.807) is 6.07 Å². The normalized spacial score (nSPS) is 9.85. The van der Waals surface area contributed by atoms with Crippen LogP contribution in [0.15, 0.2) is 18.3 Å². The second kappa shape index (κ2) is 4.12. The number of hydrogen-bond acceptors (Lipinski definition) is 3. The molecule has 0 aliphatic carbocycles. The molecule has 1 aromatic heterocycles. The van der Waals surface area contributed by atoms with Crippen molar-refractivity contribution in [3.63, 3.8) is 0 Å². The van der Waals surface area contributed by atoms with Crippen LogP contribution in [0.2, 0.25) is 0 Å². The van der Waals surface area contributed by atoms with Gasteiger partial charge < -0.3 is 0 Å². The number of aromatic nitrogens is 1. The maximum Gasteiger partial charge on any atom is 0.153 e. The lowest BCUT2D eigenvalue weighted by molar-refractivity contribution is 0.111. The monoisotopic (exact) mass is 176 g/mol. The van der Waals surface area contributed by atoms with E-state index in [1.807, 2.05) is 0 Å². The zero-order valence-corrected chi connectivity index (χ0v) is 6.57. The van der Waals surface area contributed by atoms with Gasteiger partial charge in [-0.1, -0.05) is 0 Å². The van der Waals surface area contributed by atoms with E-state index in [0.29, 0.717) is 12.0 Å². The topological polar surface area (TPSA) is 53.8 Å². The Balaban J connectivity index is 3.08. The van der Waals surface area contributed by atoms with Gasteiger partial charge in [-0.2, -0.15) is 5.26 Å². The molecule has 0 bridgehead atoms. The molecule has 0 aromatic carbocycles. The number of halogens is 1. The lowest BCUT2D eigenvalue weighted by atomic mass is 10.2. The van der Waals surface area contributed by atoms with Crippen LogP contribution in [-0.4, -0.2) is 11.3 Å². The van der Waals surface area contributed by atoms with Crippen molar-refractivity contribution in [2.24, 2.45) is 0 Å².